The number of aliphatic hydroxyl groups excluding tert-OH is 4. The monoisotopic (exact) mass is 504 g/mol. The lowest BCUT2D eigenvalue weighted by molar-refractivity contribution is 0.102. The molecule has 2 saturated heterocycles. The zero-order valence-corrected chi connectivity index (χ0v) is 21.7. The molecule has 2 aromatic heterocycles. The van der Waals surface area contributed by atoms with Crippen LogP contribution in [0.5, 0.6) is 0 Å². The highest BCUT2D eigenvalue weighted by Gasteiger charge is 2.30. The molecule has 4 heterocycles. The third kappa shape index (κ3) is 5.41. The molecule has 2 aromatic rings. The summed E-state index contributed by atoms with van der Waals surface area (Å²) in [6, 6.07) is 0. The van der Waals surface area contributed by atoms with Gasteiger partial charge in [-0.25, -0.2) is 9.97 Å². The lowest BCUT2D eigenvalue weighted by atomic mass is 10.1. The Balaban J connectivity index is 2.01. The summed E-state index contributed by atoms with van der Waals surface area (Å²) >= 11 is 0. The smallest absolute Gasteiger partial charge is 0.232 e. The molecule has 0 radical (unpaired) electrons. The molecule has 0 bridgehead atoms. The molecule has 0 spiro atoms. The van der Waals surface area contributed by atoms with Crippen LogP contribution in [0.1, 0.15) is 66.2 Å². The molecule has 200 valence electrons. The van der Waals surface area contributed by atoms with Crippen molar-refractivity contribution in [2.24, 2.45) is 0 Å². The summed E-state index contributed by atoms with van der Waals surface area (Å²) in [5.74, 6) is 1.59. The number of rotatable bonds is 8. The molecule has 4 atom stereocenters. The van der Waals surface area contributed by atoms with Crippen LogP contribution in [0.25, 0.3) is 11.0 Å². The fourth-order valence-electron chi connectivity index (χ4n) is 5.14. The summed E-state index contributed by atoms with van der Waals surface area (Å²) < 4.78 is 0. The normalized spacial score (nSPS) is 20.2. The maximum absolute atomic E-state index is 10.4. The molecular formula is C24H40N8O4. The zero-order chi connectivity index (χ0) is 26.0. The second-order valence-electron chi connectivity index (χ2n) is 9.83. The Morgan fingerprint density at radius 3 is 1.11 bits per heavy atom. The second-order valence-corrected chi connectivity index (χ2v) is 9.83. The number of hydrogen-bond acceptors (Lipinski definition) is 12. The van der Waals surface area contributed by atoms with Crippen LogP contribution >= 0.6 is 0 Å². The van der Waals surface area contributed by atoms with E-state index < -0.39 is 24.9 Å². The van der Waals surface area contributed by atoms with E-state index in [9.17, 15) is 20.4 Å². The van der Waals surface area contributed by atoms with E-state index in [1.165, 1.54) is 9.80 Å². The van der Waals surface area contributed by atoms with Gasteiger partial charge < -0.3 is 30.2 Å². The van der Waals surface area contributed by atoms with Crippen molar-refractivity contribution in [3.05, 3.63) is 0 Å². The fraction of sp³-hybridized carbons (Fsp3) is 0.750. The maximum Gasteiger partial charge on any atom is 0.232 e. The fourth-order valence-corrected chi connectivity index (χ4v) is 5.14. The maximum atomic E-state index is 10.4. The molecule has 36 heavy (non-hydrogen) atoms. The molecule has 0 saturated carbocycles. The molecule has 2 fully saturated rings. The van der Waals surface area contributed by atoms with E-state index in [-0.39, 0.29) is 11.9 Å². The van der Waals surface area contributed by atoms with Gasteiger partial charge in [0.2, 0.25) is 11.9 Å². The van der Waals surface area contributed by atoms with Crippen molar-refractivity contribution in [1.82, 2.24) is 19.9 Å². The van der Waals surface area contributed by atoms with Crippen LogP contribution in [-0.2, 0) is 0 Å². The Morgan fingerprint density at radius 1 is 0.528 bits per heavy atom. The molecule has 0 aromatic carbocycles. The van der Waals surface area contributed by atoms with E-state index in [4.69, 9.17) is 19.9 Å². The minimum Gasteiger partial charge on any atom is -0.374 e. The average molecular weight is 505 g/mol. The van der Waals surface area contributed by atoms with Crippen molar-refractivity contribution in [2.75, 3.05) is 45.8 Å². The first kappa shape index (κ1) is 26.5. The van der Waals surface area contributed by atoms with Crippen molar-refractivity contribution >= 4 is 34.6 Å². The number of piperidine rings is 2. The Bertz CT molecular complexity index is 926. The van der Waals surface area contributed by atoms with Crippen LogP contribution in [-0.4, -0.2) is 91.5 Å². The van der Waals surface area contributed by atoms with Crippen molar-refractivity contribution in [3.8, 4) is 0 Å². The number of anilines is 4. The predicted octanol–water partition coefficient (Wildman–Crippen LogP) is 1.37. The third-order valence-corrected chi connectivity index (χ3v) is 6.87. The zero-order valence-electron chi connectivity index (χ0n) is 21.7. The molecule has 4 unspecified atom stereocenters. The van der Waals surface area contributed by atoms with Crippen molar-refractivity contribution in [1.29, 1.82) is 0 Å². The van der Waals surface area contributed by atoms with Crippen LogP contribution in [0.4, 0.5) is 23.5 Å². The van der Waals surface area contributed by atoms with Crippen molar-refractivity contribution in [2.45, 2.75) is 91.1 Å². The lowest BCUT2D eigenvalue weighted by Gasteiger charge is -2.34. The Hall–Kier alpha value is -2.54. The topological polar surface area (TPSA) is 145 Å². The lowest BCUT2D eigenvalue weighted by Crippen LogP contribution is -2.43. The van der Waals surface area contributed by atoms with Gasteiger partial charge in [-0.2, -0.15) is 9.97 Å². The molecule has 12 heteroatoms. The molecular weight excluding hydrogens is 464 g/mol. The van der Waals surface area contributed by atoms with E-state index in [2.05, 4.69) is 9.80 Å². The van der Waals surface area contributed by atoms with E-state index in [0.717, 1.165) is 64.7 Å². The van der Waals surface area contributed by atoms with Crippen LogP contribution in [0.15, 0.2) is 0 Å². The van der Waals surface area contributed by atoms with E-state index >= 15 is 0 Å². The number of nitrogens with zero attached hydrogens (tertiary/aromatic N) is 8. The summed E-state index contributed by atoms with van der Waals surface area (Å²) in [7, 11) is 0. The third-order valence-electron chi connectivity index (χ3n) is 6.87. The van der Waals surface area contributed by atoms with Gasteiger partial charge >= 0.3 is 0 Å². The Kier molecular flexibility index (Phi) is 8.28. The first-order chi connectivity index (χ1) is 17.2. The van der Waals surface area contributed by atoms with Gasteiger partial charge in [0, 0.05) is 26.2 Å². The number of hydrogen-bond donors (Lipinski definition) is 4. The molecule has 4 N–H and O–H groups in total. The molecule has 4 rings (SSSR count). The highest BCUT2D eigenvalue weighted by molar-refractivity contribution is 5.95. The van der Waals surface area contributed by atoms with Crippen LogP contribution < -0.4 is 19.6 Å². The minimum atomic E-state index is -1.02. The van der Waals surface area contributed by atoms with Crippen LogP contribution in [0.3, 0.4) is 0 Å². The van der Waals surface area contributed by atoms with Crippen molar-refractivity contribution in [3.63, 3.8) is 0 Å². The van der Waals surface area contributed by atoms with Crippen LogP contribution in [0, 0.1) is 0 Å². The Labute approximate surface area is 212 Å². The van der Waals surface area contributed by atoms with Crippen molar-refractivity contribution < 1.29 is 20.4 Å². The summed E-state index contributed by atoms with van der Waals surface area (Å²) in [6.07, 6.45) is 2.26. The quantitative estimate of drug-likeness (QED) is 0.385. The summed E-state index contributed by atoms with van der Waals surface area (Å²) in [4.78, 5) is 26.3. The second kappa shape index (κ2) is 11.2. The number of fused-ring (bicyclic) bond motifs is 1. The average Bonchev–Trinajstić information content (AvgIpc) is 2.83. The van der Waals surface area contributed by atoms with Gasteiger partial charge in [0.25, 0.3) is 0 Å². The summed E-state index contributed by atoms with van der Waals surface area (Å²) in [5, 5.41) is 41.7. The van der Waals surface area contributed by atoms with Gasteiger partial charge in [0.1, 0.15) is 35.9 Å². The molecule has 12 nitrogen and oxygen atoms in total. The first-order valence-electron chi connectivity index (χ1n) is 13.1. The predicted molar refractivity (Wildman–Crippen MR) is 139 cm³/mol. The molecule has 2 aliphatic rings. The first-order valence-corrected chi connectivity index (χ1v) is 13.1. The SMILES string of the molecule is CC(O)N(c1nc(N2CCCCC2)c2nc(N(C(C)O)C(C)O)nc(N3CCCCC3)c2n1)C(C)O. The van der Waals surface area contributed by atoms with Gasteiger partial charge in [-0.3, -0.25) is 9.80 Å². The Morgan fingerprint density at radius 2 is 0.833 bits per heavy atom. The van der Waals surface area contributed by atoms with E-state index in [1.807, 2.05) is 0 Å². The summed E-state index contributed by atoms with van der Waals surface area (Å²) in [6.45, 7) is 9.44. The number of aromatic nitrogens is 4. The molecule has 0 amide bonds. The summed E-state index contributed by atoms with van der Waals surface area (Å²) in [5.41, 5.74) is 1.04. The van der Waals surface area contributed by atoms with Gasteiger partial charge in [-0.15, -0.1) is 0 Å². The molecule has 2 aliphatic heterocycles. The van der Waals surface area contributed by atoms with Gasteiger partial charge in [-0.1, -0.05) is 0 Å². The molecule has 0 aliphatic carbocycles. The standard InChI is InChI=1S/C24H40N8O4/c1-15(33)31(16(2)34)23-25-19-20(21(27-23)29-11-7-5-8-12-29)26-24(32(17(3)35)18(4)36)28-22(19)30-13-9-6-10-14-30/h15-18,33-36H,5-14H2,1-4H3. The number of aliphatic hydroxyl groups is 4. The van der Waals surface area contributed by atoms with Gasteiger partial charge in [0.05, 0.1) is 0 Å². The van der Waals surface area contributed by atoms with E-state index in [1.54, 1.807) is 27.7 Å². The van der Waals surface area contributed by atoms with Gasteiger partial charge in [-0.05, 0) is 66.2 Å². The minimum absolute atomic E-state index is 0.200. The highest BCUT2D eigenvalue weighted by Crippen LogP contribution is 2.35. The highest BCUT2D eigenvalue weighted by atomic mass is 16.3. The van der Waals surface area contributed by atoms with E-state index in [0.29, 0.717) is 22.7 Å². The van der Waals surface area contributed by atoms with Crippen LogP contribution in [0.2, 0.25) is 0 Å². The van der Waals surface area contributed by atoms with Gasteiger partial charge in [0.15, 0.2) is 11.6 Å². The largest absolute Gasteiger partial charge is 0.374 e.